The Hall–Kier alpha value is -1.63. The van der Waals surface area contributed by atoms with Gasteiger partial charge in [-0.2, -0.15) is 0 Å². The molecular formula is C10H15N3O3S. The van der Waals surface area contributed by atoms with Gasteiger partial charge in [-0.05, 0) is 20.8 Å². The maximum atomic E-state index is 11.6. The van der Waals surface area contributed by atoms with Crippen LogP contribution in [0, 0.1) is 0 Å². The van der Waals surface area contributed by atoms with E-state index in [1.165, 1.54) is 18.3 Å². The summed E-state index contributed by atoms with van der Waals surface area (Å²) in [6, 6.07) is -1.46. The molecule has 0 bridgehead atoms. The van der Waals surface area contributed by atoms with Gasteiger partial charge in [0.25, 0.3) is 0 Å². The Morgan fingerprint density at radius 3 is 2.65 bits per heavy atom. The lowest BCUT2D eigenvalue weighted by molar-refractivity contribution is -0.138. The van der Waals surface area contributed by atoms with Crippen molar-refractivity contribution in [2.45, 2.75) is 32.4 Å². The number of thiazole rings is 1. The van der Waals surface area contributed by atoms with Crippen molar-refractivity contribution in [3.05, 3.63) is 16.6 Å². The summed E-state index contributed by atoms with van der Waals surface area (Å²) in [5, 5.41) is 16.2. The molecule has 7 heteroatoms. The van der Waals surface area contributed by atoms with Crippen molar-refractivity contribution in [2.75, 3.05) is 0 Å². The van der Waals surface area contributed by atoms with E-state index in [1.807, 2.05) is 5.38 Å². The normalized spacial score (nSPS) is 12.9. The lowest BCUT2D eigenvalue weighted by atomic mass is 10.1. The second-order valence-corrected chi connectivity index (χ2v) is 5.02. The second kappa shape index (κ2) is 5.13. The first kappa shape index (κ1) is 13.4. The summed E-state index contributed by atoms with van der Waals surface area (Å²) in [4.78, 5) is 26.3. The summed E-state index contributed by atoms with van der Waals surface area (Å²) in [7, 11) is 0. The maximum absolute atomic E-state index is 11.6. The van der Waals surface area contributed by atoms with Crippen LogP contribution in [0.2, 0.25) is 0 Å². The number of urea groups is 1. The van der Waals surface area contributed by atoms with Gasteiger partial charge in [0.1, 0.15) is 11.0 Å². The zero-order valence-corrected chi connectivity index (χ0v) is 10.7. The van der Waals surface area contributed by atoms with Crippen LogP contribution in [0.1, 0.15) is 25.8 Å². The molecule has 0 saturated carbocycles. The smallest absolute Gasteiger partial charge is 0.325 e. The summed E-state index contributed by atoms with van der Waals surface area (Å²) in [5.41, 5.74) is -0.628. The molecule has 0 spiro atoms. The highest BCUT2D eigenvalue weighted by Crippen LogP contribution is 2.21. The number of nitrogens with zero attached hydrogens (tertiary/aromatic N) is 1. The molecule has 3 N–H and O–H groups in total. The van der Waals surface area contributed by atoms with Crippen LogP contribution in [0.4, 0.5) is 4.79 Å². The minimum atomic E-state index is -1.08. The van der Waals surface area contributed by atoms with Gasteiger partial charge in [-0.3, -0.25) is 4.79 Å². The van der Waals surface area contributed by atoms with E-state index in [1.54, 1.807) is 20.0 Å². The quantitative estimate of drug-likeness (QED) is 0.754. The number of rotatable bonds is 4. The first-order valence-corrected chi connectivity index (χ1v) is 5.92. The van der Waals surface area contributed by atoms with E-state index in [2.05, 4.69) is 15.6 Å². The SMILES string of the molecule is C[C@@H](NC(=O)NC(C)(C)c1nccs1)C(=O)O. The lowest BCUT2D eigenvalue weighted by Gasteiger charge is -2.24. The van der Waals surface area contributed by atoms with Gasteiger partial charge in [0, 0.05) is 11.6 Å². The number of carbonyl (C=O) groups is 2. The van der Waals surface area contributed by atoms with Crippen molar-refractivity contribution in [3.8, 4) is 0 Å². The van der Waals surface area contributed by atoms with E-state index in [0.29, 0.717) is 0 Å². The minimum absolute atomic E-state index is 0.528. The molecule has 0 radical (unpaired) electrons. The molecular weight excluding hydrogens is 242 g/mol. The molecule has 0 unspecified atom stereocenters. The molecule has 0 aliphatic carbocycles. The van der Waals surface area contributed by atoms with Crippen LogP contribution in [0.5, 0.6) is 0 Å². The number of hydrogen-bond acceptors (Lipinski definition) is 4. The number of hydrogen-bond donors (Lipinski definition) is 3. The Labute approximate surface area is 103 Å². The molecule has 94 valence electrons. The standard InChI is InChI=1S/C10H15N3O3S/c1-6(7(14)15)12-9(16)13-10(2,3)8-11-4-5-17-8/h4-6H,1-3H3,(H,14,15)(H2,12,13,16)/t6-/m1/s1. The molecule has 1 heterocycles. The maximum Gasteiger partial charge on any atom is 0.325 e. The van der Waals surface area contributed by atoms with Crippen molar-refractivity contribution in [2.24, 2.45) is 0 Å². The van der Waals surface area contributed by atoms with E-state index in [9.17, 15) is 9.59 Å². The summed E-state index contributed by atoms with van der Waals surface area (Å²) in [6.45, 7) is 5.01. The Bertz CT molecular complexity index is 403. The number of aromatic nitrogens is 1. The number of carboxylic acid groups (broad SMARTS) is 1. The van der Waals surface area contributed by atoms with Gasteiger partial charge in [-0.1, -0.05) is 0 Å². The number of aliphatic carboxylic acids is 1. The first-order valence-electron chi connectivity index (χ1n) is 5.04. The highest BCUT2D eigenvalue weighted by molar-refractivity contribution is 7.09. The number of carbonyl (C=O) groups excluding carboxylic acids is 1. The zero-order valence-electron chi connectivity index (χ0n) is 9.85. The van der Waals surface area contributed by atoms with Crippen LogP contribution in [0.15, 0.2) is 11.6 Å². The molecule has 0 aliphatic rings. The van der Waals surface area contributed by atoms with E-state index in [0.717, 1.165) is 5.01 Å². The molecule has 0 aliphatic heterocycles. The van der Waals surface area contributed by atoms with Crippen LogP contribution < -0.4 is 10.6 Å². The van der Waals surface area contributed by atoms with Crippen molar-refractivity contribution in [1.29, 1.82) is 0 Å². The molecule has 0 saturated heterocycles. The van der Waals surface area contributed by atoms with Crippen molar-refractivity contribution in [3.63, 3.8) is 0 Å². The van der Waals surface area contributed by atoms with E-state index >= 15 is 0 Å². The largest absolute Gasteiger partial charge is 0.480 e. The Morgan fingerprint density at radius 2 is 2.18 bits per heavy atom. The monoisotopic (exact) mass is 257 g/mol. The molecule has 0 aromatic carbocycles. The third-order valence-corrected chi connectivity index (χ3v) is 3.21. The van der Waals surface area contributed by atoms with Gasteiger partial charge in [0.2, 0.25) is 0 Å². The predicted octanol–water partition coefficient (Wildman–Crippen LogP) is 1.15. The Kier molecular flexibility index (Phi) is 4.06. The Balaban J connectivity index is 2.59. The summed E-state index contributed by atoms with van der Waals surface area (Å²) in [6.07, 6.45) is 1.65. The third kappa shape index (κ3) is 3.70. The van der Waals surface area contributed by atoms with Crippen molar-refractivity contribution in [1.82, 2.24) is 15.6 Å². The van der Waals surface area contributed by atoms with Gasteiger partial charge in [-0.15, -0.1) is 11.3 Å². The minimum Gasteiger partial charge on any atom is -0.480 e. The topological polar surface area (TPSA) is 91.3 Å². The molecule has 6 nitrogen and oxygen atoms in total. The van der Waals surface area contributed by atoms with Crippen LogP contribution in [0.25, 0.3) is 0 Å². The van der Waals surface area contributed by atoms with Crippen molar-refractivity contribution < 1.29 is 14.7 Å². The fourth-order valence-corrected chi connectivity index (χ4v) is 1.88. The van der Waals surface area contributed by atoms with Crippen LogP contribution in [-0.2, 0) is 10.3 Å². The molecule has 17 heavy (non-hydrogen) atoms. The number of amides is 2. The van der Waals surface area contributed by atoms with Crippen LogP contribution in [-0.4, -0.2) is 28.1 Å². The summed E-state index contributed by atoms with van der Waals surface area (Å²) >= 11 is 1.43. The average Bonchev–Trinajstić information content (AvgIpc) is 2.69. The zero-order chi connectivity index (χ0) is 13.1. The van der Waals surface area contributed by atoms with Crippen molar-refractivity contribution >= 4 is 23.3 Å². The fourth-order valence-electron chi connectivity index (χ4n) is 1.16. The average molecular weight is 257 g/mol. The Morgan fingerprint density at radius 1 is 1.53 bits per heavy atom. The predicted molar refractivity (Wildman–Crippen MR) is 63.9 cm³/mol. The molecule has 1 aromatic rings. The highest BCUT2D eigenvalue weighted by Gasteiger charge is 2.26. The van der Waals surface area contributed by atoms with Crippen LogP contribution in [0.3, 0.4) is 0 Å². The van der Waals surface area contributed by atoms with E-state index in [-0.39, 0.29) is 0 Å². The lowest BCUT2D eigenvalue weighted by Crippen LogP contribution is -2.50. The second-order valence-electron chi connectivity index (χ2n) is 4.12. The number of nitrogens with one attached hydrogen (secondary N) is 2. The number of carboxylic acids is 1. The van der Waals surface area contributed by atoms with Gasteiger partial charge in [0.05, 0.1) is 5.54 Å². The highest BCUT2D eigenvalue weighted by atomic mass is 32.1. The molecule has 1 rings (SSSR count). The molecule has 1 aromatic heterocycles. The summed E-state index contributed by atoms with van der Waals surface area (Å²) in [5.74, 6) is -1.08. The van der Waals surface area contributed by atoms with E-state index < -0.39 is 23.6 Å². The fraction of sp³-hybridized carbons (Fsp3) is 0.500. The van der Waals surface area contributed by atoms with Gasteiger partial charge >= 0.3 is 12.0 Å². The van der Waals surface area contributed by atoms with E-state index in [4.69, 9.17) is 5.11 Å². The van der Waals surface area contributed by atoms with Gasteiger partial charge < -0.3 is 15.7 Å². The van der Waals surface area contributed by atoms with Crippen LogP contribution >= 0.6 is 11.3 Å². The molecule has 2 amide bonds. The summed E-state index contributed by atoms with van der Waals surface area (Å²) < 4.78 is 0. The molecule has 1 atom stereocenters. The third-order valence-electron chi connectivity index (χ3n) is 2.11. The van der Waals surface area contributed by atoms with Gasteiger partial charge in [0.15, 0.2) is 0 Å². The van der Waals surface area contributed by atoms with Gasteiger partial charge in [-0.25, -0.2) is 9.78 Å². The first-order chi connectivity index (χ1) is 7.83. The molecule has 0 fully saturated rings.